The average molecular weight is 267 g/mol. The van der Waals surface area contributed by atoms with Gasteiger partial charge < -0.3 is 10.2 Å². The zero-order chi connectivity index (χ0) is 13.9. The lowest BCUT2D eigenvalue weighted by atomic mass is 9.86. The molecule has 0 radical (unpaired) electrons. The summed E-state index contributed by atoms with van der Waals surface area (Å²) in [5.74, 6) is 0. The fourth-order valence-electron chi connectivity index (χ4n) is 3.01. The summed E-state index contributed by atoms with van der Waals surface area (Å²) in [5.41, 5.74) is 0.423. The van der Waals surface area contributed by atoms with Gasteiger partial charge >= 0.3 is 0 Å². The minimum Gasteiger partial charge on any atom is -0.314 e. The molecule has 1 unspecified atom stereocenters. The normalized spacial score (nSPS) is 25.7. The molecule has 2 rings (SSSR count). The molecule has 1 heterocycles. The maximum Gasteiger partial charge on any atom is 0.0113 e. The molecule has 112 valence electrons. The van der Waals surface area contributed by atoms with Crippen LogP contribution in [-0.2, 0) is 0 Å². The van der Waals surface area contributed by atoms with E-state index >= 15 is 0 Å². The molecular formula is C16H33N3. The lowest BCUT2D eigenvalue weighted by Gasteiger charge is -2.40. The maximum atomic E-state index is 3.63. The van der Waals surface area contributed by atoms with Crippen molar-refractivity contribution in [1.29, 1.82) is 0 Å². The van der Waals surface area contributed by atoms with Crippen LogP contribution < -0.4 is 5.32 Å². The van der Waals surface area contributed by atoms with Crippen LogP contribution in [0.25, 0.3) is 0 Å². The van der Waals surface area contributed by atoms with Crippen molar-refractivity contribution < 1.29 is 0 Å². The van der Waals surface area contributed by atoms with E-state index in [-0.39, 0.29) is 0 Å². The summed E-state index contributed by atoms with van der Waals surface area (Å²) in [6, 6.07) is 1.54. The molecule has 0 amide bonds. The van der Waals surface area contributed by atoms with E-state index in [4.69, 9.17) is 0 Å². The second-order valence-corrected chi connectivity index (χ2v) is 7.24. The van der Waals surface area contributed by atoms with Gasteiger partial charge in [0.1, 0.15) is 0 Å². The summed E-state index contributed by atoms with van der Waals surface area (Å²) >= 11 is 0. The fourth-order valence-corrected chi connectivity index (χ4v) is 3.01. The van der Waals surface area contributed by atoms with Gasteiger partial charge in [0.25, 0.3) is 0 Å². The van der Waals surface area contributed by atoms with Gasteiger partial charge in [0, 0.05) is 51.4 Å². The van der Waals surface area contributed by atoms with Crippen LogP contribution in [0.2, 0.25) is 0 Å². The molecule has 19 heavy (non-hydrogen) atoms. The quantitative estimate of drug-likeness (QED) is 0.763. The summed E-state index contributed by atoms with van der Waals surface area (Å²) < 4.78 is 0. The molecule has 3 nitrogen and oxygen atoms in total. The molecule has 1 aliphatic heterocycles. The van der Waals surface area contributed by atoms with Gasteiger partial charge in [-0.25, -0.2) is 0 Å². The average Bonchev–Trinajstić information content (AvgIpc) is 3.22. The SMILES string of the molecule is CCC(C)(CNC(C)C)CN1CCN(C2CC2)CC1. The number of piperazine rings is 1. The summed E-state index contributed by atoms with van der Waals surface area (Å²) in [7, 11) is 0. The lowest BCUT2D eigenvalue weighted by Crippen LogP contribution is -2.51. The first-order valence-electron chi connectivity index (χ1n) is 8.22. The van der Waals surface area contributed by atoms with E-state index in [1.165, 1.54) is 52.0 Å². The van der Waals surface area contributed by atoms with Crippen molar-refractivity contribution in [2.24, 2.45) is 5.41 Å². The Hall–Kier alpha value is -0.120. The summed E-state index contributed by atoms with van der Waals surface area (Å²) in [6.07, 6.45) is 4.16. The first-order chi connectivity index (χ1) is 9.02. The minimum absolute atomic E-state index is 0.423. The van der Waals surface area contributed by atoms with E-state index in [9.17, 15) is 0 Å². The molecule has 1 saturated heterocycles. The van der Waals surface area contributed by atoms with Gasteiger partial charge in [-0.05, 0) is 24.7 Å². The van der Waals surface area contributed by atoms with Crippen LogP contribution in [0.4, 0.5) is 0 Å². The van der Waals surface area contributed by atoms with E-state index < -0.39 is 0 Å². The number of nitrogens with zero attached hydrogens (tertiary/aromatic N) is 2. The van der Waals surface area contributed by atoms with Crippen LogP contribution in [-0.4, -0.2) is 61.2 Å². The van der Waals surface area contributed by atoms with Crippen LogP contribution in [0.15, 0.2) is 0 Å². The molecule has 0 spiro atoms. The lowest BCUT2D eigenvalue weighted by molar-refractivity contribution is 0.0837. The molecule has 0 aromatic heterocycles. The number of rotatable bonds is 7. The van der Waals surface area contributed by atoms with Crippen LogP contribution in [0, 0.1) is 5.41 Å². The summed E-state index contributed by atoms with van der Waals surface area (Å²) in [6.45, 7) is 16.8. The number of hydrogen-bond donors (Lipinski definition) is 1. The first kappa shape index (κ1) is 15.3. The van der Waals surface area contributed by atoms with Crippen molar-refractivity contribution in [3.05, 3.63) is 0 Å². The molecule has 1 saturated carbocycles. The van der Waals surface area contributed by atoms with Gasteiger partial charge in [0.05, 0.1) is 0 Å². The Balaban J connectivity index is 1.74. The Labute approximate surface area is 119 Å². The van der Waals surface area contributed by atoms with E-state index in [1.807, 2.05) is 0 Å². The Morgan fingerprint density at radius 2 is 1.79 bits per heavy atom. The van der Waals surface area contributed by atoms with Crippen LogP contribution in [0.5, 0.6) is 0 Å². The standard InChI is InChI=1S/C16H33N3/c1-5-16(4,12-17-14(2)3)13-18-8-10-19(11-9-18)15-6-7-15/h14-15,17H,5-13H2,1-4H3. The number of hydrogen-bond acceptors (Lipinski definition) is 3. The van der Waals surface area contributed by atoms with E-state index in [2.05, 4.69) is 42.8 Å². The Morgan fingerprint density at radius 3 is 2.26 bits per heavy atom. The monoisotopic (exact) mass is 267 g/mol. The minimum atomic E-state index is 0.423. The van der Waals surface area contributed by atoms with Gasteiger partial charge in [0.2, 0.25) is 0 Å². The smallest absolute Gasteiger partial charge is 0.0113 e. The van der Waals surface area contributed by atoms with E-state index in [0.717, 1.165) is 12.6 Å². The molecule has 2 aliphatic rings. The third kappa shape index (κ3) is 4.73. The molecule has 1 atom stereocenters. The topological polar surface area (TPSA) is 18.5 Å². The highest BCUT2D eigenvalue weighted by molar-refractivity contribution is 4.89. The zero-order valence-electron chi connectivity index (χ0n) is 13.4. The van der Waals surface area contributed by atoms with Gasteiger partial charge in [-0.15, -0.1) is 0 Å². The Kier molecular flexibility index (Phi) is 5.27. The predicted octanol–water partition coefficient (Wildman–Crippen LogP) is 2.18. The van der Waals surface area contributed by atoms with E-state index in [0.29, 0.717) is 11.5 Å². The third-order valence-electron chi connectivity index (χ3n) is 4.87. The maximum absolute atomic E-state index is 3.63. The molecule has 2 fully saturated rings. The first-order valence-corrected chi connectivity index (χ1v) is 8.22. The summed E-state index contributed by atoms with van der Waals surface area (Å²) in [5, 5.41) is 3.63. The molecule has 0 bridgehead atoms. The molecular weight excluding hydrogens is 234 g/mol. The summed E-state index contributed by atoms with van der Waals surface area (Å²) in [4.78, 5) is 5.39. The second kappa shape index (κ2) is 6.55. The molecule has 1 aliphatic carbocycles. The highest BCUT2D eigenvalue weighted by atomic mass is 15.3. The Morgan fingerprint density at radius 1 is 1.16 bits per heavy atom. The molecule has 0 aromatic carbocycles. The second-order valence-electron chi connectivity index (χ2n) is 7.24. The number of nitrogens with one attached hydrogen (secondary N) is 1. The van der Waals surface area contributed by atoms with Crippen molar-refractivity contribution in [2.75, 3.05) is 39.3 Å². The van der Waals surface area contributed by atoms with Crippen LogP contribution in [0.1, 0.15) is 47.0 Å². The van der Waals surface area contributed by atoms with Crippen LogP contribution in [0.3, 0.4) is 0 Å². The van der Waals surface area contributed by atoms with Crippen LogP contribution >= 0.6 is 0 Å². The van der Waals surface area contributed by atoms with Crippen molar-refractivity contribution in [3.63, 3.8) is 0 Å². The molecule has 1 N–H and O–H groups in total. The molecule has 0 aromatic rings. The van der Waals surface area contributed by atoms with Gasteiger partial charge in [-0.1, -0.05) is 27.7 Å². The predicted molar refractivity (Wildman–Crippen MR) is 82.6 cm³/mol. The van der Waals surface area contributed by atoms with Crippen molar-refractivity contribution >= 4 is 0 Å². The van der Waals surface area contributed by atoms with Crippen molar-refractivity contribution in [3.8, 4) is 0 Å². The molecule has 3 heteroatoms. The van der Waals surface area contributed by atoms with E-state index in [1.54, 1.807) is 0 Å². The third-order valence-corrected chi connectivity index (χ3v) is 4.87. The largest absolute Gasteiger partial charge is 0.314 e. The van der Waals surface area contributed by atoms with Gasteiger partial charge in [0.15, 0.2) is 0 Å². The Bertz CT molecular complexity index is 267. The highest BCUT2D eigenvalue weighted by Crippen LogP contribution is 2.28. The fraction of sp³-hybridized carbons (Fsp3) is 1.00. The van der Waals surface area contributed by atoms with Crippen molar-refractivity contribution in [1.82, 2.24) is 15.1 Å². The van der Waals surface area contributed by atoms with Crippen molar-refractivity contribution in [2.45, 2.75) is 59.0 Å². The zero-order valence-corrected chi connectivity index (χ0v) is 13.4. The highest BCUT2D eigenvalue weighted by Gasteiger charge is 2.33. The van der Waals surface area contributed by atoms with Gasteiger partial charge in [-0.3, -0.25) is 4.90 Å². The van der Waals surface area contributed by atoms with Gasteiger partial charge in [-0.2, -0.15) is 0 Å².